The molecule has 0 fully saturated rings. The minimum atomic E-state index is -3.93. The molecule has 1 N–H and O–H groups in total. The maximum atomic E-state index is 12.4. The first-order chi connectivity index (χ1) is 13.3. The van der Waals surface area contributed by atoms with Gasteiger partial charge in [0.05, 0.1) is 16.9 Å². The lowest BCUT2D eigenvalue weighted by Gasteiger charge is -2.09. The predicted molar refractivity (Wildman–Crippen MR) is 98.9 cm³/mol. The molecular formula is C16H21N5O6S. The number of benzene rings is 1. The fraction of sp³-hybridized carbons (Fsp3) is 0.500. The molecule has 0 saturated heterocycles. The second-order valence-corrected chi connectivity index (χ2v) is 8.14. The lowest BCUT2D eigenvalue weighted by atomic mass is 10.2. The van der Waals surface area contributed by atoms with Gasteiger partial charge in [-0.15, -0.1) is 0 Å². The summed E-state index contributed by atoms with van der Waals surface area (Å²) in [5.41, 5.74) is -0.608. The fourth-order valence-electron chi connectivity index (χ4n) is 3.09. The summed E-state index contributed by atoms with van der Waals surface area (Å²) in [6.45, 7) is 1.01. The summed E-state index contributed by atoms with van der Waals surface area (Å²) >= 11 is 0. The number of nitrogens with zero attached hydrogens (tertiary/aromatic N) is 4. The third-order valence-electron chi connectivity index (χ3n) is 4.53. The van der Waals surface area contributed by atoms with Gasteiger partial charge in [0.15, 0.2) is 5.75 Å². The molecule has 1 aromatic carbocycles. The lowest BCUT2D eigenvalue weighted by Crippen LogP contribution is -2.29. The van der Waals surface area contributed by atoms with Crippen LogP contribution in [0.4, 0.5) is 5.69 Å². The summed E-state index contributed by atoms with van der Waals surface area (Å²) in [4.78, 5) is 22.4. The van der Waals surface area contributed by atoms with Crippen LogP contribution < -0.4 is 15.1 Å². The van der Waals surface area contributed by atoms with E-state index in [4.69, 9.17) is 4.74 Å². The molecule has 11 nitrogen and oxygen atoms in total. The second kappa shape index (κ2) is 8.10. The van der Waals surface area contributed by atoms with Crippen LogP contribution in [0.15, 0.2) is 27.9 Å². The van der Waals surface area contributed by atoms with Crippen molar-refractivity contribution in [3.05, 3.63) is 44.6 Å². The normalized spacial score (nSPS) is 13.9. The van der Waals surface area contributed by atoms with Gasteiger partial charge in [-0.1, -0.05) is 0 Å². The number of hydrogen-bond donors (Lipinski definition) is 1. The van der Waals surface area contributed by atoms with Crippen molar-refractivity contribution >= 4 is 15.7 Å². The summed E-state index contributed by atoms with van der Waals surface area (Å²) < 4.78 is 35.0. The fourth-order valence-corrected chi connectivity index (χ4v) is 4.19. The van der Waals surface area contributed by atoms with E-state index in [0.29, 0.717) is 13.0 Å². The van der Waals surface area contributed by atoms with Crippen LogP contribution in [0.1, 0.15) is 25.1 Å². The Morgan fingerprint density at radius 3 is 2.82 bits per heavy atom. The highest BCUT2D eigenvalue weighted by molar-refractivity contribution is 7.89. The maximum Gasteiger partial charge on any atom is 0.345 e. The molecule has 3 rings (SSSR count). The van der Waals surface area contributed by atoms with E-state index in [1.807, 2.05) is 0 Å². The minimum absolute atomic E-state index is 0.0212. The van der Waals surface area contributed by atoms with Crippen LogP contribution in [-0.2, 0) is 29.5 Å². The number of hydrogen-bond acceptors (Lipinski definition) is 7. The molecule has 1 aliphatic heterocycles. The van der Waals surface area contributed by atoms with Gasteiger partial charge in [-0.05, 0) is 31.4 Å². The SMILES string of the molecule is COc1ccc(S(=O)(=O)NCCCn2nc3n(c2=O)CCCC3)cc1[N+](=O)[O-]. The van der Waals surface area contributed by atoms with Crippen LogP contribution in [-0.4, -0.2) is 41.3 Å². The van der Waals surface area contributed by atoms with Gasteiger partial charge in [0.25, 0.3) is 0 Å². The van der Waals surface area contributed by atoms with Crippen LogP contribution in [0.5, 0.6) is 5.75 Å². The number of nitro groups is 1. The van der Waals surface area contributed by atoms with Crippen molar-refractivity contribution < 1.29 is 18.1 Å². The standard InChI is InChI=1S/C16H21N5O6S/c1-27-14-7-6-12(11-13(14)21(23)24)28(25,26)17-8-4-10-20-16(22)19-9-3-2-5-15(19)18-20/h6-7,11,17H,2-5,8-10H2,1H3. The highest BCUT2D eigenvalue weighted by Gasteiger charge is 2.22. The molecule has 0 unspecified atom stereocenters. The van der Waals surface area contributed by atoms with Gasteiger partial charge in [0, 0.05) is 32.1 Å². The Hall–Kier alpha value is -2.73. The molecule has 12 heteroatoms. The molecule has 0 radical (unpaired) electrons. The molecule has 0 atom stereocenters. The number of nitro benzene ring substituents is 1. The van der Waals surface area contributed by atoms with E-state index < -0.39 is 20.6 Å². The highest BCUT2D eigenvalue weighted by Crippen LogP contribution is 2.29. The third-order valence-corrected chi connectivity index (χ3v) is 5.99. The minimum Gasteiger partial charge on any atom is -0.490 e. The quantitative estimate of drug-likeness (QED) is 0.382. The van der Waals surface area contributed by atoms with Gasteiger partial charge in [-0.25, -0.2) is 22.6 Å². The van der Waals surface area contributed by atoms with Gasteiger partial charge in [0.1, 0.15) is 5.82 Å². The number of rotatable bonds is 8. The van der Waals surface area contributed by atoms with E-state index in [1.165, 1.54) is 23.9 Å². The Kier molecular flexibility index (Phi) is 5.79. The second-order valence-electron chi connectivity index (χ2n) is 6.37. The zero-order chi connectivity index (χ0) is 20.3. The van der Waals surface area contributed by atoms with Crippen molar-refractivity contribution in [2.75, 3.05) is 13.7 Å². The average Bonchev–Trinajstić information content (AvgIpc) is 3.00. The average molecular weight is 411 g/mol. The molecule has 0 aliphatic carbocycles. The number of aromatic nitrogens is 3. The topological polar surface area (TPSA) is 138 Å². The summed E-state index contributed by atoms with van der Waals surface area (Å²) in [5.74, 6) is 0.745. The molecular weight excluding hydrogens is 390 g/mol. The highest BCUT2D eigenvalue weighted by atomic mass is 32.2. The smallest absolute Gasteiger partial charge is 0.345 e. The molecule has 2 aromatic rings. The number of sulfonamides is 1. The number of ether oxygens (including phenoxy) is 1. The van der Waals surface area contributed by atoms with Crippen LogP contribution in [0.2, 0.25) is 0 Å². The van der Waals surface area contributed by atoms with E-state index in [0.717, 1.165) is 31.2 Å². The van der Waals surface area contributed by atoms with Crippen LogP contribution >= 0.6 is 0 Å². The van der Waals surface area contributed by atoms with E-state index in [1.54, 1.807) is 4.57 Å². The largest absolute Gasteiger partial charge is 0.490 e. The molecule has 28 heavy (non-hydrogen) atoms. The van der Waals surface area contributed by atoms with Gasteiger partial charge in [-0.3, -0.25) is 14.7 Å². The molecule has 0 saturated carbocycles. The Bertz CT molecular complexity index is 1040. The first-order valence-electron chi connectivity index (χ1n) is 8.82. The molecule has 2 heterocycles. The van der Waals surface area contributed by atoms with E-state index >= 15 is 0 Å². The summed E-state index contributed by atoms with van der Waals surface area (Å²) in [5, 5.41) is 15.4. The van der Waals surface area contributed by atoms with Crippen molar-refractivity contribution in [3.63, 3.8) is 0 Å². The molecule has 0 bridgehead atoms. The van der Waals surface area contributed by atoms with Crippen LogP contribution in [0, 0.1) is 10.1 Å². The molecule has 1 aliphatic rings. The van der Waals surface area contributed by atoms with Crippen molar-refractivity contribution in [3.8, 4) is 5.75 Å². The zero-order valence-electron chi connectivity index (χ0n) is 15.3. The molecule has 0 spiro atoms. The van der Waals surface area contributed by atoms with Crippen molar-refractivity contribution in [1.82, 2.24) is 19.1 Å². The number of nitrogens with one attached hydrogen (secondary N) is 1. The predicted octanol–water partition coefficient (Wildman–Crippen LogP) is 0.666. The van der Waals surface area contributed by atoms with Crippen molar-refractivity contribution in [2.24, 2.45) is 0 Å². The monoisotopic (exact) mass is 411 g/mol. The van der Waals surface area contributed by atoms with Gasteiger partial charge in [-0.2, -0.15) is 5.10 Å². The number of methoxy groups -OCH3 is 1. The molecule has 152 valence electrons. The van der Waals surface area contributed by atoms with E-state index in [9.17, 15) is 23.3 Å². The number of aryl methyl sites for hydroxylation is 2. The maximum absolute atomic E-state index is 12.4. The van der Waals surface area contributed by atoms with Crippen molar-refractivity contribution in [2.45, 2.75) is 43.7 Å². The first kappa shape index (κ1) is 20.0. The first-order valence-corrected chi connectivity index (χ1v) is 10.3. The Labute approximate surface area is 161 Å². The summed E-state index contributed by atoms with van der Waals surface area (Å²) in [6, 6.07) is 3.43. The number of fused-ring (bicyclic) bond motifs is 1. The van der Waals surface area contributed by atoms with Gasteiger partial charge < -0.3 is 4.74 Å². The Morgan fingerprint density at radius 2 is 2.14 bits per heavy atom. The summed E-state index contributed by atoms with van der Waals surface area (Å²) in [7, 11) is -2.66. The van der Waals surface area contributed by atoms with Gasteiger partial charge >= 0.3 is 11.4 Å². The Morgan fingerprint density at radius 1 is 1.36 bits per heavy atom. The molecule has 1 aromatic heterocycles. The Balaban J connectivity index is 1.63. The van der Waals surface area contributed by atoms with Gasteiger partial charge in [0.2, 0.25) is 10.0 Å². The van der Waals surface area contributed by atoms with E-state index in [-0.39, 0.29) is 29.4 Å². The third kappa shape index (κ3) is 4.07. The van der Waals surface area contributed by atoms with E-state index in [2.05, 4.69) is 9.82 Å². The van der Waals surface area contributed by atoms with Crippen LogP contribution in [0.25, 0.3) is 0 Å². The molecule has 0 amide bonds. The lowest BCUT2D eigenvalue weighted by molar-refractivity contribution is -0.386. The zero-order valence-corrected chi connectivity index (χ0v) is 16.1. The summed E-state index contributed by atoms with van der Waals surface area (Å²) in [6.07, 6.45) is 3.08. The van der Waals surface area contributed by atoms with Crippen LogP contribution in [0.3, 0.4) is 0 Å². The van der Waals surface area contributed by atoms with Crippen molar-refractivity contribution in [1.29, 1.82) is 0 Å².